The lowest BCUT2D eigenvalue weighted by Crippen LogP contribution is -2.39. The Bertz CT molecular complexity index is 226. The molecule has 0 aliphatic heterocycles. The Kier molecular flexibility index (Phi) is 7.20. The number of rotatable bonds is 4. The van der Waals surface area contributed by atoms with Crippen molar-refractivity contribution in [2.24, 2.45) is 0 Å². The molecule has 0 unspecified atom stereocenters. The fourth-order valence-electron chi connectivity index (χ4n) is 1.09. The first kappa shape index (κ1) is 13.6. The molecule has 0 amide bonds. The number of hydrogen-bond donors (Lipinski definition) is 0. The molecular formula is C13H21N2+. The molecule has 0 aliphatic rings. The Morgan fingerprint density at radius 2 is 1.47 bits per heavy atom. The largest absolute Gasteiger partial charge is 0.322 e. The van der Waals surface area contributed by atoms with E-state index in [-0.39, 0.29) is 0 Å². The van der Waals surface area contributed by atoms with Crippen molar-refractivity contribution in [2.75, 3.05) is 27.2 Å². The van der Waals surface area contributed by atoms with Crippen LogP contribution in [0, 0.1) is 0 Å². The molecule has 0 saturated heterocycles. The molecule has 1 aromatic heterocycles. The van der Waals surface area contributed by atoms with Crippen LogP contribution in [0.5, 0.6) is 0 Å². The van der Waals surface area contributed by atoms with Gasteiger partial charge in [0.05, 0.1) is 27.2 Å². The average molecular weight is 205 g/mol. The van der Waals surface area contributed by atoms with Crippen molar-refractivity contribution in [3.05, 3.63) is 55.9 Å². The Labute approximate surface area is 93.2 Å². The first-order chi connectivity index (χ1) is 7.12. The second kappa shape index (κ2) is 7.94. The molecule has 0 fully saturated rings. The van der Waals surface area contributed by atoms with Crippen LogP contribution in [0.15, 0.2) is 55.9 Å². The number of quaternary nitrogens is 1. The zero-order chi connectivity index (χ0) is 11.6. The van der Waals surface area contributed by atoms with Crippen LogP contribution < -0.4 is 0 Å². The molecule has 0 atom stereocenters. The Morgan fingerprint density at radius 3 is 1.67 bits per heavy atom. The number of aromatic nitrogens is 1. The molecule has 0 radical (unpaired) electrons. The van der Waals surface area contributed by atoms with Gasteiger partial charge in [-0.05, 0) is 24.3 Å². The molecular weight excluding hydrogens is 184 g/mol. The molecule has 0 aliphatic carbocycles. The highest BCUT2D eigenvalue weighted by Gasteiger charge is 2.07. The summed E-state index contributed by atoms with van der Waals surface area (Å²) < 4.78 is 0.951. The van der Waals surface area contributed by atoms with E-state index in [4.69, 9.17) is 0 Å². The maximum absolute atomic E-state index is 3.78. The zero-order valence-corrected chi connectivity index (χ0v) is 9.76. The van der Waals surface area contributed by atoms with Crippen molar-refractivity contribution in [1.82, 2.24) is 4.98 Å². The topological polar surface area (TPSA) is 12.9 Å². The van der Waals surface area contributed by atoms with Crippen molar-refractivity contribution in [3.63, 3.8) is 0 Å². The molecule has 82 valence electrons. The van der Waals surface area contributed by atoms with Gasteiger partial charge < -0.3 is 4.48 Å². The molecule has 2 nitrogen and oxygen atoms in total. The van der Waals surface area contributed by atoms with Gasteiger partial charge in [0.15, 0.2) is 0 Å². The van der Waals surface area contributed by atoms with Crippen molar-refractivity contribution in [1.29, 1.82) is 0 Å². The maximum Gasteiger partial charge on any atom is 0.0969 e. The molecule has 0 spiro atoms. The van der Waals surface area contributed by atoms with Crippen LogP contribution in [-0.4, -0.2) is 36.7 Å². The number of pyridine rings is 1. The van der Waals surface area contributed by atoms with Crippen molar-refractivity contribution in [2.45, 2.75) is 0 Å². The minimum absolute atomic E-state index is 0.951. The highest BCUT2D eigenvalue weighted by Crippen LogP contribution is 1.95. The van der Waals surface area contributed by atoms with E-state index in [0.29, 0.717) is 0 Å². The van der Waals surface area contributed by atoms with E-state index < -0.39 is 0 Å². The highest BCUT2D eigenvalue weighted by molar-refractivity contribution is 4.88. The summed E-state index contributed by atoms with van der Waals surface area (Å²) in [7, 11) is 4.31. The summed E-state index contributed by atoms with van der Waals surface area (Å²) in [5.74, 6) is 0. The van der Waals surface area contributed by atoms with Crippen LogP contribution in [0.25, 0.3) is 0 Å². The van der Waals surface area contributed by atoms with Gasteiger partial charge in [-0.3, -0.25) is 4.98 Å². The molecule has 2 heteroatoms. The van der Waals surface area contributed by atoms with Crippen LogP contribution in [0.3, 0.4) is 0 Å². The minimum atomic E-state index is 0.951. The van der Waals surface area contributed by atoms with Gasteiger partial charge in [0.2, 0.25) is 0 Å². The van der Waals surface area contributed by atoms with Gasteiger partial charge in [0.25, 0.3) is 0 Å². The molecule has 1 aromatic rings. The molecule has 0 N–H and O–H groups in total. The van der Waals surface area contributed by atoms with E-state index in [0.717, 1.165) is 17.6 Å². The predicted octanol–water partition coefficient (Wildman–Crippen LogP) is 2.52. The van der Waals surface area contributed by atoms with Gasteiger partial charge in [-0.15, -0.1) is 0 Å². The Balaban J connectivity index is 0.000000280. The van der Waals surface area contributed by atoms with Crippen LogP contribution in [0.4, 0.5) is 0 Å². The first-order valence-corrected chi connectivity index (χ1v) is 5.01. The third-order valence-electron chi connectivity index (χ3n) is 1.81. The van der Waals surface area contributed by atoms with Crippen LogP contribution in [0.1, 0.15) is 0 Å². The fourth-order valence-corrected chi connectivity index (χ4v) is 1.09. The van der Waals surface area contributed by atoms with Crippen LogP contribution in [-0.2, 0) is 0 Å². The van der Waals surface area contributed by atoms with Gasteiger partial charge >= 0.3 is 0 Å². The van der Waals surface area contributed by atoms with E-state index in [1.807, 2.05) is 30.4 Å². The van der Waals surface area contributed by atoms with Gasteiger partial charge in [-0.1, -0.05) is 19.2 Å². The number of hydrogen-bond acceptors (Lipinski definition) is 1. The lowest BCUT2D eigenvalue weighted by molar-refractivity contribution is -0.878. The summed E-state index contributed by atoms with van der Waals surface area (Å²) in [4.78, 5) is 3.78. The zero-order valence-electron chi connectivity index (χ0n) is 9.76. The third-order valence-corrected chi connectivity index (χ3v) is 1.81. The normalized spacial score (nSPS) is 9.73. The molecule has 0 aromatic carbocycles. The summed E-state index contributed by atoms with van der Waals surface area (Å²) in [6.45, 7) is 9.37. The quantitative estimate of drug-likeness (QED) is 0.543. The molecule has 0 bridgehead atoms. The number of likely N-dealkylation sites (N-methyl/N-ethyl adjacent to an activating group) is 1. The van der Waals surface area contributed by atoms with Gasteiger partial charge in [0, 0.05) is 12.4 Å². The van der Waals surface area contributed by atoms with Gasteiger partial charge in [-0.2, -0.15) is 0 Å². The SMILES string of the molecule is C=CC[N+](C)(C)CC=C.c1ccncc1. The number of nitrogens with zero attached hydrogens (tertiary/aromatic N) is 2. The summed E-state index contributed by atoms with van der Waals surface area (Å²) in [6.07, 6.45) is 7.37. The Hall–Kier alpha value is -1.41. The van der Waals surface area contributed by atoms with Gasteiger partial charge in [-0.25, -0.2) is 0 Å². The summed E-state index contributed by atoms with van der Waals surface area (Å²) >= 11 is 0. The first-order valence-electron chi connectivity index (χ1n) is 5.01. The average Bonchev–Trinajstić information content (AvgIpc) is 2.21. The van der Waals surface area contributed by atoms with E-state index in [2.05, 4.69) is 32.2 Å². The van der Waals surface area contributed by atoms with Crippen LogP contribution in [0.2, 0.25) is 0 Å². The summed E-state index contributed by atoms with van der Waals surface area (Å²) in [5.41, 5.74) is 0. The lowest BCUT2D eigenvalue weighted by Gasteiger charge is -2.26. The summed E-state index contributed by atoms with van der Waals surface area (Å²) in [5, 5.41) is 0. The second-order valence-corrected chi connectivity index (χ2v) is 3.90. The molecule has 1 heterocycles. The van der Waals surface area contributed by atoms with Crippen molar-refractivity contribution < 1.29 is 4.48 Å². The smallest absolute Gasteiger partial charge is 0.0969 e. The van der Waals surface area contributed by atoms with E-state index in [9.17, 15) is 0 Å². The fraction of sp³-hybridized carbons (Fsp3) is 0.308. The monoisotopic (exact) mass is 205 g/mol. The molecule has 15 heavy (non-hydrogen) atoms. The lowest BCUT2D eigenvalue weighted by atomic mass is 10.4. The maximum atomic E-state index is 3.78. The highest BCUT2D eigenvalue weighted by atomic mass is 15.3. The van der Waals surface area contributed by atoms with Gasteiger partial charge in [0.1, 0.15) is 0 Å². The third kappa shape index (κ3) is 8.91. The molecule has 1 rings (SSSR count). The summed E-state index contributed by atoms with van der Waals surface area (Å²) in [6, 6.07) is 5.72. The second-order valence-electron chi connectivity index (χ2n) is 3.90. The van der Waals surface area contributed by atoms with E-state index >= 15 is 0 Å². The van der Waals surface area contributed by atoms with Crippen molar-refractivity contribution in [3.8, 4) is 0 Å². The van der Waals surface area contributed by atoms with Crippen LogP contribution >= 0.6 is 0 Å². The Morgan fingerprint density at radius 1 is 1.00 bits per heavy atom. The standard InChI is InChI=1S/C8H16N.C5H5N/c1-5-7-9(3,4)8-6-2;1-2-4-6-5-3-1/h5-6H,1-2,7-8H2,3-4H3;1-5H/q+1;. The van der Waals surface area contributed by atoms with Crippen molar-refractivity contribution >= 4 is 0 Å². The van der Waals surface area contributed by atoms with E-state index in [1.54, 1.807) is 12.4 Å². The minimum Gasteiger partial charge on any atom is -0.322 e. The predicted molar refractivity (Wildman–Crippen MR) is 66.5 cm³/mol. The molecule has 0 saturated carbocycles. The van der Waals surface area contributed by atoms with E-state index in [1.165, 1.54) is 0 Å².